The molecule has 0 saturated carbocycles. The fourth-order valence-electron chi connectivity index (χ4n) is 2.23. The van der Waals surface area contributed by atoms with Crippen molar-refractivity contribution in [3.8, 4) is 0 Å². The van der Waals surface area contributed by atoms with Crippen LogP contribution in [-0.4, -0.2) is 61.9 Å². The first kappa shape index (κ1) is 14.4. The molecular weight excluding hydrogens is 220 g/mol. The molecular formula is C12H24N2O3. The number of carboxylic acids is 1. The Morgan fingerprint density at radius 3 is 2.59 bits per heavy atom. The predicted molar refractivity (Wildman–Crippen MR) is 66.1 cm³/mol. The molecule has 0 aromatic carbocycles. The number of ether oxygens (including phenoxy) is 1. The van der Waals surface area contributed by atoms with E-state index in [9.17, 15) is 9.90 Å². The Bertz CT molecular complexity index is 254. The molecule has 0 aliphatic carbocycles. The largest absolute Gasteiger partial charge is 0.480 e. The van der Waals surface area contributed by atoms with E-state index >= 15 is 0 Å². The van der Waals surface area contributed by atoms with Gasteiger partial charge in [-0.25, -0.2) is 0 Å². The van der Waals surface area contributed by atoms with E-state index in [1.54, 1.807) is 14.0 Å². The van der Waals surface area contributed by atoms with Gasteiger partial charge in [-0.1, -0.05) is 0 Å². The lowest BCUT2D eigenvalue weighted by atomic mass is 9.98. The van der Waals surface area contributed by atoms with Crippen molar-refractivity contribution in [1.29, 1.82) is 0 Å². The topological polar surface area (TPSA) is 61.8 Å². The summed E-state index contributed by atoms with van der Waals surface area (Å²) in [5, 5.41) is 12.1. The van der Waals surface area contributed by atoms with Crippen molar-refractivity contribution < 1.29 is 14.6 Å². The van der Waals surface area contributed by atoms with E-state index in [0.717, 1.165) is 32.6 Å². The Labute approximate surface area is 103 Å². The summed E-state index contributed by atoms with van der Waals surface area (Å²) in [5.74, 6) is -0.178. The van der Waals surface area contributed by atoms with Crippen molar-refractivity contribution in [1.82, 2.24) is 10.2 Å². The molecule has 0 amide bonds. The Balaban J connectivity index is 2.41. The molecule has 0 radical (unpaired) electrons. The molecule has 0 aromatic rings. The van der Waals surface area contributed by atoms with Crippen LogP contribution in [0.15, 0.2) is 0 Å². The molecule has 100 valence electrons. The van der Waals surface area contributed by atoms with E-state index < -0.39 is 11.5 Å². The van der Waals surface area contributed by atoms with Gasteiger partial charge < -0.3 is 20.1 Å². The quantitative estimate of drug-likeness (QED) is 0.708. The second kappa shape index (κ2) is 6.33. The van der Waals surface area contributed by atoms with Gasteiger partial charge in [-0.15, -0.1) is 0 Å². The highest BCUT2D eigenvalue weighted by Gasteiger charge is 2.32. The van der Waals surface area contributed by atoms with Gasteiger partial charge in [0.25, 0.3) is 0 Å². The number of rotatable bonds is 6. The highest BCUT2D eigenvalue weighted by atomic mass is 16.5. The van der Waals surface area contributed by atoms with Gasteiger partial charge in [0.2, 0.25) is 0 Å². The Hall–Kier alpha value is -0.650. The third-order valence-electron chi connectivity index (χ3n) is 3.52. The SMILES string of the molecule is CNC(C)(CN(C)CC1CCOCC1)C(=O)O. The van der Waals surface area contributed by atoms with Gasteiger partial charge in [0.05, 0.1) is 0 Å². The number of aliphatic carboxylic acids is 1. The fraction of sp³-hybridized carbons (Fsp3) is 0.917. The van der Waals surface area contributed by atoms with Gasteiger partial charge in [0, 0.05) is 26.3 Å². The highest BCUT2D eigenvalue weighted by Crippen LogP contribution is 2.16. The summed E-state index contributed by atoms with van der Waals surface area (Å²) in [6.45, 7) is 4.83. The molecule has 1 aliphatic heterocycles. The minimum absolute atomic E-state index is 0.510. The molecule has 0 aromatic heterocycles. The molecule has 1 rings (SSSR count). The fourth-order valence-corrected chi connectivity index (χ4v) is 2.23. The third-order valence-corrected chi connectivity index (χ3v) is 3.52. The molecule has 1 aliphatic rings. The van der Waals surface area contributed by atoms with Crippen molar-refractivity contribution in [3.63, 3.8) is 0 Å². The molecule has 17 heavy (non-hydrogen) atoms. The number of carboxylic acid groups (broad SMARTS) is 1. The summed E-state index contributed by atoms with van der Waals surface area (Å²) in [5.41, 5.74) is -0.875. The highest BCUT2D eigenvalue weighted by molar-refractivity contribution is 5.78. The van der Waals surface area contributed by atoms with Crippen molar-refractivity contribution in [2.75, 3.05) is 40.4 Å². The minimum atomic E-state index is -0.875. The maximum absolute atomic E-state index is 11.2. The molecule has 0 spiro atoms. The monoisotopic (exact) mass is 244 g/mol. The van der Waals surface area contributed by atoms with Crippen molar-refractivity contribution in [3.05, 3.63) is 0 Å². The molecule has 5 heteroatoms. The first-order chi connectivity index (χ1) is 7.98. The molecule has 2 N–H and O–H groups in total. The number of hydrogen-bond acceptors (Lipinski definition) is 4. The molecule has 1 atom stereocenters. The smallest absolute Gasteiger partial charge is 0.324 e. The molecule has 0 bridgehead atoms. The second-order valence-corrected chi connectivity index (χ2v) is 5.14. The van der Waals surface area contributed by atoms with Crippen LogP contribution in [0.2, 0.25) is 0 Å². The van der Waals surface area contributed by atoms with Crippen LogP contribution in [0.25, 0.3) is 0 Å². The van der Waals surface area contributed by atoms with Gasteiger partial charge >= 0.3 is 5.97 Å². The van der Waals surface area contributed by atoms with Crippen LogP contribution in [0.3, 0.4) is 0 Å². The van der Waals surface area contributed by atoms with Crippen LogP contribution < -0.4 is 5.32 Å². The number of nitrogens with one attached hydrogen (secondary N) is 1. The number of nitrogens with zero attached hydrogens (tertiary/aromatic N) is 1. The summed E-state index contributed by atoms with van der Waals surface area (Å²) in [6.07, 6.45) is 2.15. The van der Waals surface area contributed by atoms with Crippen molar-refractivity contribution in [2.45, 2.75) is 25.3 Å². The normalized spacial score (nSPS) is 21.4. The minimum Gasteiger partial charge on any atom is -0.480 e. The molecule has 5 nitrogen and oxygen atoms in total. The van der Waals surface area contributed by atoms with Gasteiger partial charge in [-0.05, 0) is 39.8 Å². The van der Waals surface area contributed by atoms with Crippen LogP contribution in [0.5, 0.6) is 0 Å². The summed E-state index contributed by atoms with van der Waals surface area (Å²) in [7, 11) is 3.67. The Morgan fingerprint density at radius 2 is 2.12 bits per heavy atom. The van der Waals surface area contributed by atoms with Gasteiger partial charge in [0.1, 0.15) is 5.54 Å². The lowest BCUT2D eigenvalue weighted by Gasteiger charge is -2.33. The standard InChI is InChI=1S/C12H24N2O3/c1-12(13-2,11(15)16)9-14(3)8-10-4-6-17-7-5-10/h10,13H,4-9H2,1-3H3,(H,15,16). The molecule has 1 fully saturated rings. The van der Waals surface area contributed by atoms with E-state index in [4.69, 9.17) is 4.74 Å². The maximum atomic E-state index is 11.2. The van der Waals surface area contributed by atoms with E-state index in [-0.39, 0.29) is 0 Å². The number of hydrogen-bond donors (Lipinski definition) is 2. The van der Waals surface area contributed by atoms with Gasteiger partial charge in [0.15, 0.2) is 0 Å². The average Bonchev–Trinajstić information content (AvgIpc) is 2.29. The lowest BCUT2D eigenvalue weighted by Crippen LogP contribution is -2.55. The third kappa shape index (κ3) is 4.26. The van der Waals surface area contributed by atoms with Crippen LogP contribution in [0.1, 0.15) is 19.8 Å². The summed E-state index contributed by atoms with van der Waals surface area (Å²) < 4.78 is 5.32. The summed E-state index contributed by atoms with van der Waals surface area (Å²) in [4.78, 5) is 13.3. The molecule has 1 saturated heterocycles. The van der Waals surface area contributed by atoms with Crippen LogP contribution in [-0.2, 0) is 9.53 Å². The zero-order chi connectivity index (χ0) is 12.9. The van der Waals surface area contributed by atoms with Gasteiger partial charge in [-0.2, -0.15) is 0 Å². The number of likely N-dealkylation sites (N-methyl/N-ethyl adjacent to an activating group) is 2. The van der Waals surface area contributed by atoms with E-state index in [1.807, 2.05) is 7.05 Å². The average molecular weight is 244 g/mol. The Morgan fingerprint density at radius 1 is 1.53 bits per heavy atom. The van der Waals surface area contributed by atoms with E-state index in [1.165, 1.54) is 0 Å². The zero-order valence-electron chi connectivity index (χ0n) is 11.0. The van der Waals surface area contributed by atoms with Crippen molar-refractivity contribution >= 4 is 5.97 Å². The Kier molecular flexibility index (Phi) is 5.36. The lowest BCUT2D eigenvalue weighted by molar-refractivity contribution is -0.144. The predicted octanol–water partition coefficient (Wildman–Crippen LogP) is 0.408. The number of carbonyl (C=O) groups is 1. The maximum Gasteiger partial charge on any atom is 0.324 e. The summed E-state index contributed by atoms with van der Waals surface area (Å²) >= 11 is 0. The van der Waals surface area contributed by atoms with E-state index in [2.05, 4.69) is 10.2 Å². The van der Waals surface area contributed by atoms with Gasteiger partial charge in [-0.3, -0.25) is 4.79 Å². The van der Waals surface area contributed by atoms with Crippen LogP contribution in [0, 0.1) is 5.92 Å². The molecule has 1 unspecified atom stereocenters. The van der Waals surface area contributed by atoms with Crippen LogP contribution >= 0.6 is 0 Å². The summed E-state index contributed by atoms with van der Waals surface area (Å²) in [6, 6.07) is 0. The molecule has 1 heterocycles. The first-order valence-corrected chi connectivity index (χ1v) is 6.16. The van der Waals surface area contributed by atoms with Crippen molar-refractivity contribution in [2.24, 2.45) is 5.92 Å². The van der Waals surface area contributed by atoms with E-state index in [0.29, 0.717) is 12.5 Å². The first-order valence-electron chi connectivity index (χ1n) is 6.16. The second-order valence-electron chi connectivity index (χ2n) is 5.14. The zero-order valence-corrected chi connectivity index (χ0v) is 11.0. The van der Waals surface area contributed by atoms with Crippen LogP contribution in [0.4, 0.5) is 0 Å².